The van der Waals surface area contributed by atoms with Crippen molar-refractivity contribution in [2.24, 2.45) is 18.0 Å². The molecule has 25 heavy (non-hydrogen) atoms. The molecule has 3 rings (SSSR count). The van der Waals surface area contributed by atoms with Gasteiger partial charge in [0, 0.05) is 46.0 Å². The van der Waals surface area contributed by atoms with Crippen molar-refractivity contribution in [3.63, 3.8) is 0 Å². The van der Waals surface area contributed by atoms with Crippen LogP contribution in [0.4, 0.5) is 0 Å². The first kappa shape index (κ1) is 18.2. The molecule has 2 aliphatic rings. The van der Waals surface area contributed by atoms with Gasteiger partial charge in [0.05, 0.1) is 6.20 Å². The number of aliphatic imine (C=N–C) groups is 1. The van der Waals surface area contributed by atoms with Crippen LogP contribution in [0.5, 0.6) is 0 Å². The minimum absolute atomic E-state index is 0.657. The predicted molar refractivity (Wildman–Crippen MR) is 103 cm³/mol. The summed E-state index contributed by atoms with van der Waals surface area (Å²) in [5.74, 6) is 1.78. The van der Waals surface area contributed by atoms with Gasteiger partial charge < -0.3 is 10.2 Å². The molecule has 2 atom stereocenters. The van der Waals surface area contributed by atoms with Crippen molar-refractivity contribution in [1.82, 2.24) is 24.9 Å². The van der Waals surface area contributed by atoms with Crippen molar-refractivity contribution in [3.8, 4) is 0 Å². The molecule has 2 aliphatic heterocycles. The second kappa shape index (κ2) is 8.70. The number of aromatic nitrogens is 2. The first-order valence-corrected chi connectivity index (χ1v) is 9.86. The highest BCUT2D eigenvalue weighted by Crippen LogP contribution is 2.21. The zero-order chi connectivity index (χ0) is 17.6. The standard InChI is InChI=1S/C19H34N6/c1-4-24-9-6-5-7-18(24)13-21-19(20-2)25-10-8-16(15-25)11-17-12-22-23(3)14-17/h12,14,16,18H,4-11,13,15H2,1-3H3,(H,20,21). The molecule has 2 unspecified atom stereocenters. The third-order valence-electron chi connectivity index (χ3n) is 5.73. The lowest BCUT2D eigenvalue weighted by molar-refractivity contribution is 0.157. The van der Waals surface area contributed by atoms with E-state index in [-0.39, 0.29) is 0 Å². The first-order chi connectivity index (χ1) is 12.2. The van der Waals surface area contributed by atoms with Gasteiger partial charge in [0.25, 0.3) is 0 Å². The van der Waals surface area contributed by atoms with Crippen LogP contribution in [-0.2, 0) is 13.5 Å². The summed E-state index contributed by atoms with van der Waals surface area (Å²) in [6.07, 6.45) is 10.5. The monoisotopic (exact) mass is 346 g/mol. The number of aryl methyl sites for hydroxylation is 1. The Bertz CT molecular complexity index is 566. The fourth-order valence-corrected chi connectivity index (χ4v) is 4.35. The molecular weight excluding hydrogens is 312 g/mol. The van der Waals surface area contributed by atoms with Gasteiger partial charge in [0.15, 0.2) is 5.96 Å². The molecule has 0 saturated carbocycles. The summed E-state index contributed by atoms with van der Waals surface area (Å²) in [7, 11) is 3.90. The number of guanidine groups is 1. The molecule has 6 heteroatoms. The predicted octanol–water partition coefficient (Wildman–Crippen LogP) is 1.73. The van der Waals surface area contributed by atoms with Crippen LogP contribution in [0.2, 0.25) is 0 Å². The molecule has 0 radical (unpaired) electrons. The molecule has 0 aromatic carbocycles. The number of hydrogen-bond donors (Lipinski definition) is 1. The molecule has 3 heterocycles. The van der Waals surface area contributed by atoms with E-state index in [9.17, 15) is 0 Å². The smallest absolute Gasteiger partial charge is 0.193 e. The van der Waals surface area contributed by atoms with Crippen LogP contribution < -0.4 is 5.32 Å². The normalized spacial score (nSPS) is 25.6. The van der Waals surface area contributed by atoms with E-state index in [0.717, 1.165) is 38.6 Å². The van der Waals surface area contributed by atoms with Crippen molar-refractivity contribution in [1.29, 1.82) is 0 Å². The lowest BCUT2D eigenvalue weighted by atomic mass is 10.0. The van der Waals surface area contributed by atoms with Crippen molar-refractivity contribution in [2.75, 3.05) is 39.8 Å². The van der Waals surface area contributed by atoms with Gasteiger partial charge >= 0.3 is 0 Å². The Morgan fingerprint density at radius 3 is 2.92 bits per heavy atom. The Kier molecular flexibility index (Phi) is 6.34. The van der Waals surface area contributed by atoms with Crippen LogP contribution in [0.15, 0.2) is 17.4 Å². The van der Waals surface area contributed by atoms with Gasteiger partial charge in [-0.2, -0.15) is 5.10 Å². The molecule has 1 aromatic heterocycles. The molecular formula is C19H34N6. The average Bonchev–Trinajstić information content (AvgIpc) is 3.25. The topological polar surface area (TPSA) is 48.7 Å². The Labute approximate surface area is 152 Å². The molecule has 1 aromatic rings. The number of rotatable bonds is 5. The molecule has 1 N–H and O–H groups in total. The maximum absolute atomic E-state index is 4.55. The largest absolute Gasteiger partial charge is 0.355 e. The van der Waals surface area contributed by atoms with E-state index in [2.05, 4.69) is 38.3 Å². The van der Waals surface area contributed by atoms with Crippen LogP contribution >= 0.6 is 0 Å². The third kappa shape index (κ3) is 4.75. The number of nitrogens with one attached hydrogen (secondary N) is 1. The van der Waals surface area contributed by atoms with Gasteiger partial charge in [-0.3, -0.25) is 14.6 Å². The fraction of sp³-hybridized carbons (Fsp3) is 0.789. The van der Waals surface area contributed by atoms with E-state index in [1.54, 1.807) is 0 Å². The summed E-state index contributed by atoms with van der Waals surface area (Å²) in [4.78, 5) is 9.59. The molecule has 140 valence electrons. The van der Waals surface area contributed by atoms with E-state index < -0.39 is 0 Å². The minimum atomic E-state index is 0.657. The zero-order valence-electron chi connectivity index (χ0n) is 16.1. The highest BCUT2D eigenvalue weighted by molar-refractivity contribution is 5.80. The molecule has 2 saturated heterocycles. The summed E-state index contributed by atoms with van der Waals surface area (Å²) in [6, 6.07) is 0.657. The summed E-state index contributed by atoms with van der Waals surface area (Å²) in [5.41, 5.74) is 1.35. The Morgan fingerprint density at radius 2 is 2.20 bits per heavy atom. The van der Waals surface area contributed by atoms with Gasteiger partial charge in [-0.15, -0.1) is 0 Å². The second-order valence-corrected chi connectivity index (χ2v) is 7.53. The quantitative estimate of drug-likeness (QED) is 0.652. The Hall–Kier alpha value is -1.56. The third-order valence-corrected chi connectivity index (χ3v) is 5.73. The molecule has 0 amide bonds. The first-order valence-electron chi connectivity index (χ1n) is 9.86. The lowest BCUT2D eigenvalue weighted by Crippen LogP contribution is -2.49. The number of likely N-dealkylation sites (N-methyl/N-ethyl adjacent to an activating group) is 1. The fourth-order valence-electron chi connectivity index (χ4n) is 4.35. The molecule has 0 spiro atoms. The highest BCUT2D eigenvalue weighted by atomic mass is 15.3. The average molecular weight is 347 g/mol. The van der Waals surface area contributed by atoms with Crippen LogP contribution in [0, 0.1) is 5.92 Å². The van der Waals surface area contributed by atoms with Crippen molar-refractivity contribution in [2.45, 2.75) is 45.1 Å². The number of hydrogen-bond acceptors (Lipinski definition) is 3. The highest BCUT2D eigenvalue weighted by Gasteiger charge is 2.27. The lowest BCUT2D eigenvalue weighted by Gasteiger charge is -2.35. The maximum Gasteiger partial charge on any atom is 0.193 e. The van der Waals surface area contributed by atoms with E-state index in [4.69, 9.17) is 0 Å². The second-order valence-electron chi connectivity index (χ2n) is 7.53. The zero-order valence-corrected chi connectivity index (χ0v) is 16.1. The Morgan fingerprint density at radius 1 is 1.32 bits per heavy atom. The Balaban J connectivity index is 1.48. The van der Waals surface area contributed by atoms with Gasteiger partial charge in [0.2, 0.25) is 0 Å². The summed E-state index contributed by atoms with van der Waals surface area (Å²) >= 11 is 0. The van der Waals surface area contributed by atoms with Crippen LogP contribution in [-0.4, -0.2) is 71.4 Å². The SMILES string of the molecule is CCN1CCCCC1CNC(=NC)N1CCC(Cc2cnn(C)c2)C1. The minimum Gasteiger partial charge on any atom is -0.355 e. The summed E-state index contributed by atoms with van der Waals surface area (Å²) < 4.78 is 1.90. The van der Waals surface area contributed by atoms with Gasteiger partial charge in [-0.25, -0.2) is 0 Å². The molecule has 0 bridgehead atoms. The van der Waals surface area contributed by atoms with Crippen LogP contribution in [0.25, 0.3) is 0 Å². The van der Waals surface area contributed by atoms with Gasteiger partial charge in [-0.05, 0) is 50.3 Å². The van der Waals surface area contributed by atoms with Crippen molar-refractivity contribution in [3.05, 3.63) is 18.0 Å². The van der Waals surface area contributed by atoms with E-state index in [1.807, 2.05) is 25.0 Å². The van der Waals surface area contributed by atoms with Crippen LogP contribution in [0.1, 0.15) is 38.2 Å². The molecule has 0 aliphatic carbocycles. The summed E-state index contributed by atoms with van der Waals surface area (Å²) in [5, 5.41) is 7.94. The van der Waals surface area contributed by atoms with Crippen LogP contribution in [0.3, 0.4) is 0 Å². The van der Waals surface area contributed by atoms with E-state index in [0.29, 0.717) is 12.0 Å². The van der Waals surface area contributed by atoms with E-state index >= 15 is 0 Å². The maximum atomic E-state index is 4.55. The van der Waals surface area contributed by atoms with Gasteiger partial charge in [0.1, 0.15) is 0 Å². The molecule has 6 nitrogen and oxygen atoms in total. The number of nitrogens with zero attached hydrogens (tertiary/aromatic N) is 5. The van der Waals surface area contributed by atoms with Crippen molar-refractivity contribution >= 4 is 5.96 Å². The van der Waals surface area contributed by atoms with Gasteiger partial charge in [-0.1, -0.05) is 13.3 Å². The number of likely N-dealkylation sites (tertiary alicyclic amines) is 2. The molecule has 2 fully saturated rings. The van der Waals surface area contributed by atoms with E-state index in [1.165, 1.54) is 37.8 Å². The summed E-state index contributed by atoms with van der Waals surface area (Å²) in [6.45, 7) is 7.89. The van der Waals surface area contributed by atoms with Crippen molar-refractivity contribution < 1.29 is 0 Å². The number of piperidine rings is 1.